The number of carbonyl (C=O) groups is 2. The van der Waals surface area contributed by atoms with E-state index in [2.05, 4.69) is 5.32 Å². The predicted molar refractivity (Wildman–Crippen MR) is 76.4 cm³/mol. The van der Waals surface area contributed by atoms with E-state index in [-0.39, 0.29) is 17.7 Å². The summed E-state index contributed by atoms with van der Waals surface area (Å²) in [4.78, 5) is 23.1. The van der Waals surface area contributed by atoms with Gasteiger partial charge in [-0.15, -0.1) is 0 Å². The summed E-state index contributed by atoms with van der Waals surface area (Å²) in [5.74, 6) is -1.46. The zero-order valence-corrected chi connectivity index (χ0v) is 11.9. The molecule has 1 aromatic rings. The largest absolute Gasteiger partial charge is 0.481 e. The Morgan fingerprint density at radius 1 is 1.25 bits per heavy atom. The van der Waals surface area contributed by atoms with E-state index in [0.717, 1.165) is 18.4 Å². The van der Waals surface area contributed by atoms with Gasteiger partial charge in [0.2, 0.25) is 5.91 Å². The molecule has 0 spiro atoms. The quantitative estimate of drug-likeness (QED) is 0.897. The highest BCUT2D eigenvalue weighted by Crippen LogP contribution is 2.29. The molecule has 0 bridgehead atoms. The molecule has 108 valence electrons. The molecule has 2 atom stereocenters. The summed E-state index contributed by atoms with van der Waals surface area (Å²) in [7, 11) is 0. The van der Waals surface area contributed by atoms with Gasteiger partial charge < -0.3 is 10.4 Å². The van der Waals surface area contributed by atoms with Crippen LogP contribution in [0.25, 0.3) is 0 Å². The summed E-state index contributed by atoms with van der Waals surface area (Å²) >= 11 is 6.03. The van der Waals surface area contributed by atoms with Gasteiger partial charge in [0.05, 0.1) is 5.92 Å². The second-order valence-corrected chi connectivity index (χ2v) is 5.62. The van der Waals surface area contributed by atoms with Gasteiger partial charge in [-0.3, -0.25) is 9.59 Å². The first-order valence-corrected chi connectivity index (χ1v) is 7.19. The molecule has 1 saturated carbocycles. The van der Waals surface area contributed by atoms with Crippen molar-refractivity contribution in [3.8, 4) is 0 Å². The fraction of sp³-hybridized carbons (Fsp3) is 0.467. The number of carboxylic acids is 1. The lowest BCUT2D eigenvalue weighted by molar-refractivity contribution is -0.144. The van der Waals surface area contributed by atoms with Gasteiger partial charge in [0, 0.05) is 17.5 Å². The molecule has 1 aliphatic rings. The second kappa shape index (κ2) is 6.75. The molecule has 5 heteroatoms. The summed E-state index contributed by atoms with van der Waals surface area (Å²) in [5.41, 5.74) is 0.869. The minimum absolute atomic E-state index is 0.0733. The molecule has 1 aliphatic carbocycles. The molecule has 20 heavy (non-hydrogen) atoms. The van der Waals surface area contributed by atoms with Crippen molar-refractivity contribution < 1.29 is 14.7 Å². The minimum Gasteiger partial charge on any atom is -0.481 e. The Morgan fingerprint density at radius 3 is 2.65 bits per heavy atom. The highest BCUT2D eigenvalue weighted by molar-refractivity contribution is 6.31. The molecule has 2 N–H and O–H groups in total. The number of benzene rings is 1. The fourth-order valence-corrected chi connectivity index (χ4v) is 2.82. The molecule has 0 heterocycles. The third-order valence-electron chi connectivity index (χ3n) is 3.81. The summed E-state index contributed by atoms with van der Waals surface area (Å²) in [6, 6.07) is 7.36. The Bertz CT molecular complexity index is 504. The third-order valence-corrected chi connectivity index (χ3v) is 4.17. The number of hydrogen-bond acceptors (Lipinski definition) is 2. The standard InChI is InChI=1S/C15H18ClNO3/c16-13-7-2-1-4-12(13)9-17-14(18)10-5-3-6-11(8-10)15(19)20/h1-2,4,7,10-11H,3,5-6,8-9H2,(H,17,18)(H,19,20)/t10-,11+/m1/s1. The fourth-order valence-electron chi connectivity index (χ4n) is 2.62. The molecule has 0 saturated heterocycles. The number of carbonyl (C=O) groups excluding carboxylic acids is 1. The maximum Gasteiger partial charge on any atom is 0.306 e. The lowest BCUT2D eigenvalue weighted by atomic mass is 9.81. The van der Waals surface area contributed by atoms with E-state index in [1.165, 1.54) is 0 Å². The maximum atomic E-state index is 12.1. The number of carboxylic acid groups (broad SMARTS) is 1. The molecule has 0 aromatic heterocycles. The van der Waals surface area contributed by atoms with Crippen LogP contribution >= 0.6 is 11.6 Å². The van der Waals surface area contributed by atoms with Crippen molar-refractivity contribution in [2.75, 3.05) is 0 Å². The van der Waals surface area contributed by atoms with E-state index >= 15 is 0 Å². The van der Waals surface area contributed by atoms with Crippen LogP contribution < -0.4 is 5.32 Å². The number of rotatable bonds is 4. The van der Waals surface area contributed by atoms with Crippen molar-refractivity contribution in [2.24, 2.45) is 11.8 Å². The number of amides is 1. The summed E-state index contributed by atoms with van der Waals surface area (Å²) in [6.45, 7) is 0.382. The van der Waals surface area contributed by atoms with Gasteiger partial charge in [-0.25, -0.2) is 0 Å². The number of aliphatic carboxylic acids is 1. The molecule has 0 radical (unpaired) electrons. The minimum atomic E-state index is -0.798. The Labute approximate surface area is 123 Å². The van der Waals surface area contributed by atoms with Crippen molar-refractivity contribution in [1.82, 2.24) is 5.32 Å². The van der Waals surface area contributed by atoms with Crippen LogP contribution in [0.2, 0.25) is 5.02 Å². The van der Waals surface area contributed by atoms with Crippen LogP contribution in [0.4, 0.5) is 0 Å². The van der Waals surface area contributed by atoms with Crippen molar-refractivity contribution in [3.63, 3.8) is 0 Å². The van der Waals surface area contributed by atoms with Crippen LogP contribution in [0.1, 0.15) is 31.2 Å². The predicted octanol–water partition coefficient (Wildman–Crippen LogP) is 2.85. The third kappa shape index (κ3) is 3.73. The lowest BCUT2D eigenvalue weighted by Crippen LogP contribution is -2.35. The first kappa shape index (κ1) is 14.9. The summed E-state index contributed by atoms with van der Waals surface area (Å²) in [5, 5.41) is 12.5. The van der Waals surface area contributed by atoms with Gasteiger partial charge >= 0.3 is 5.97 Å². The second-order valence-electron chi connectivity index (χ2n) is 5.21. The molecule has 1 aromatic carbocycles. The zero-order valence-electron chi connectivity index (χ0n) is 11.1. The Hall–Kier alpha value is -1.55. The molecule has 0 unspecified atom stereocenters. The van der Waals surface area contributed by atoms with Gasteiger partial charge in [0.1, 0.15) is 0 Å². The molecule has 1 fully saturated rings. The van der Waals surface area contributed by atoms with Crippen LogP contribution in [-0.4, -0.2) is 17.0 Å². The van der Waals surface area contributed by atoms with Crippen molar-refractivity contribution >= 4 is 23.5 Å². The normalized spacial score (nSPS) is 22.2. The Balaban J connectivity index is 1.89. The van der Waals surface area contributed by atoms with Crippen molar-refractivity contribution in [2.45, 2.75) is 32.2 Å². The van der Waals surface area contributed by atoms with Crippen molar-refractivity contribution in [1.29, 1.82) is 0 Å². The summed E-state index contributed by atoms with van der Waals surface area (Å²) < 4.78 is 0. The SMILES string of the molecule is O=C(O)[C@H]1CCC[C@@H](C(=O)NCc2ccccc2Cl)C1. The molecular formula is C15H18ClNO3. The lowest BCUT2D eigenvalue weighted by Gasteiger charge is -2.25. The average molecular weight is 296 g/mol. The van der Waals surface area contributed by atoms with E-state index in [1.807, 2.05) is 18.2 Å². The van der Waals surface area contributed by atoms with Crippen LogP contribution in [0.15, 0.2) is 24.3 Å². The molecule has 0 aliphatic heterocycles. The number of hydrogen-bond donors (Lipinski definition) is 2. The highest BCUT2D eigenvalue weighted by Gasteiger charge is 2.30. The molecule has 4 nitrogen and oxygen atoms in total. The van der Waals surface area contributed by atoms with Gasteiger partial charge in [0.15, 0.2) is 0 Å². The first-order valence-electron chi connectivity index (χ1n) is 6.82. The van der Waals surface area contributed by atoms with Crippen molar-refractivity contribution in [3.05, 3.63) is 34.9 Å². The number of nitrogens with one attached hydrogen (secondary N) is 1. The Morgan fingerprint density at radius 2 is 1.95 bits per heavy atom. The van der Waals surface area contributed by atoms with Crippen LogP contribution in [0.3, 0.4) is 0 Å². The van der Waals surface area contributed by atoms with E-state index in [4.69, 9.17) is 16.7 Å². The number of halogens is 1. The van der Waals surface area contributed by atoms with E-state index in [9.17, 15) is 9.59 Å². The van der Waals surface area contributed by atoms with E-state index in [0.29, 0.717) is 24.4 Å². The highest BCUT2D eigenvalue weighted by atomic mass is 35.5. The van der Waals surface area contributed by atoms with Crippen LogP contribution in [-0.2, 0) is 16.1 Å². The molecule has 2 rings (SSSR count). The van der Waals surface area contributed by atoms with Gasteiger partial charge in [-0.05, 0) is 30.9 Å². The molecular weight excluding hydrogens is 278 g/mol. The molecule has 1 amide bonds. The van der Waals surface area contributed by atoms with Gasteiger partial charge in [-0.1, -0.05) is 36.2 Å². The first-order chi connectivity index (χ1) is 9.58. The van der Waals surface area contributed by atoms with Crippen LogP contribution in [0.5, 0.6) is 0 Å². The summed E-state index contributed by atoms with van der Waals surface area (Å²) in [6.07, 6.45) is 2.66. The maximum absolute atomic E-state index is 12.1. The monoisotopic (exact) mass is 295 g/mol. The van der Waals surface area contributed by atoms with Gasteiger partial charge in [0.25, 0.3) is 0 Å². The zero-order chi connectivity index (χ0) is 14.5. The van der Waals surface area contributed by atoms with Gasteiger partial charge in [-0.2, -0.15) is 0 Å². The van der Waals surface area contributed by atoms with E-state index < -0.39 is 5.97 Å². The average Bonchev–Trinajstić information content (AvgIpc) is 2.46. The smallest absolute Gasteiger partial charge is 0.306 e. The van der Waals surface area contributed by atoms with Crippen LogP contribution in [0, 0.1) is 11.8 Å². The van der Waals surface area contributed by atoms with E-state index in [1.54, 1.807) is 6.07 Å². The Kier molecular flexibility index (Phi) is 5.01. The topological polar surface area (TPSA) is 66.4 Å².